The molecule has 0 saturated carbocycles. The molecule has 1 N–H and O–H groups in total. The van der Waals surface area contributed by atoms with Crippen molar-refractivity contribution in [2.75, 3.05) is 13.7 Å². The van der Waals surface area contributed by atoms with Crippen molar-refractivity contribution in [2.24, 2.45) is 0 Å². The molecule has 0 aliphatic carbocycles. The minimum absolute atomic E-state index is 0.0975. The van der Waals surface area contributed by atoms with Gasteiger partial charge in [-0.15, -0.1) is 0 Å². The summed E-state index contributed by atoms with van der Waals surface area (Å²) in [6, 6.07) is 6.89. The summed E-state index contributed by atoms with van der Waals surface area (Å²) in [5.41, 5.74) is -0.149. The summed E-state index contributed by atoms with van der Waals surface area (Å²) >= 11 is 5.95. The first-order valence-electron chi connectivity index (χ1n) is 5.03. The molecule has 0 saturated heterocycles. The quantitative estimate of drug-likeness (QED) is 0.881. The van der Waals surface area contributed by atoms with Crippen molar-refractivity contribution in [3.63, 3.8) is 0 Å². The molecule has 0 spiro atoms. The van der Waals surface area contributed by atoms with Crippen molar-refractivity contribution >= 4 is 17.5 Å². The molecule has 1 aromatic carbocycles. The van der Waals surface area contributed by atoms with Crippen LogP contribution in [-0.4, -0.2) is 35.1 Å². The minimum atomic E-state index is -0.601. The molecular formula is C12H16ClNO2. The molecular weight excluding hydrogens is 226 g/mol. The molecule has 1 amide bonds. The Morgan fingerprint density at radius 3 is 2.50 bits per heavy atom. The molecule has 0 bridgehead atoms. The van der Waals surface area contributed by atoms with Crippen LogP contribution < -0.4 is 0 Å². The van der Waals surface area contributed by atoms with Crippen molar-refractivity contribution in [1.82, 2.24) is 4.90 Å². The largest absolute Gasteiger partial charge is 0.394 e. The summed E-state index contributed by atoms with van der Waals surface area (Å²) in [6.45, 7) is 3.49. The molecule has 4 heteroatoms. The Morgan fingerprint density at radius 2 is 2.00 bits per heavy atom. The lowest BCUT2D eigenvalue weighted by Gasteiger charge is -2.34. The lowest BCUT2D eigenvalue weighted by molar-refractivity contribution is 0.0473. The van der Waals surface area contributed by atoms with Gasteiger partial charge in [0.15, 0.2) is 0 Å². The topological polar surface area (TPSA) is 40.5 Å². The number of nitrogens with zero attached hydrogens (tertiary/aromatic N) is 1. The molecule has 0 atom stereocenters. The molecule has 88 valence electrons. The van der Waals surface area contributed by atoms with Crippen molar-refractivity contribution in [2.45, 2.75) is 19.4 Å². The summed E-state index contributed by atoms with van der Waals surface area (Å²) in [6.07, 6.45) is 0. The maximum absolute atomic E-state index is 12.1. The van der Waals surface area contributed by atoms with Gasteiger partial charge >= 0.3 is 0 Å². The highest BCUT2D eigenvalue weighted by Gasteiger charge is 2.28. The summed E-state index contributed by atoms with van der Waals surface area (Å²) < 4.78 is 0. The van der Waals surface area contributed by atoms with Gasteiger partial charge in [-0.1, -0.05) is 23.7 Å². The predicted molar refractivity (Wildman–Crippen MR) is 64.7 cm³/mol. The highest BCUT2D eigenvalue weighted by atomic mass is 35.5. The summed E-state index contributed by atoms with van der Waals surface area (Å²) in [5, 5.41) is 9.63. The number of rotatable bonds is 3. The SMILES string of the molecule is CN(C(=O)c1ccccc1Cl)C(C)(C)CO. The first kappa shape index (κ1) is 13.0. The average molecular weight is 242 g/mol. The fourth-order valence-corrected chi connectivity index (χ4v) is 1.41. The lowest BCUT2D eigenvalue weighted by Crippen LogP contribution is -2.47. The van der Waals surface area contributed by atoms with E-state index in [1.54, 1.807) is 45.2 Å². The van der Waals surface area contributed by atoms with Gasteiger partial charge in [0, 0.05) is 7.05 Å². The standard InChI is InChI=1S/C12H16ClNO2/c1-12(2,8-15)14(3)11(16)9-6-4-5-7-10(9)13/h4-7,15H,8H2,1-3H3. The van der Waals surface area contributed by atoms with Gasteiger partial charge < -0.3 is 10.0 Å². The number of halogens is 1. The van der Waals surface area contributed by atoms with Gasteiger partial charge in [0.05, 0.1) is 22.7 Å². The zero-order valence-electron chi connectivity index (χ0n) is 9.70. The van der Waals surface area contributed by atoms with E-state index in [0.29, 0.717) is 10.6 Å². The van der Waals surface area contributed by atoms with Gasteiger partial charge in [0.1, 0.15) is 0 Å². The van der Waals surface area contributed by atoms with Crippen LogP contribution in [0.1, 0.15) is 24.2 Å². The Labute approximate surface area is 101 Å². The van der Waals surface area contributed by atoms with Crippen LogP contribution in [0.25, 0.3) is 0 Å². The number of carbonyl (C=O) groups excluding carboxylic acids is 1. The molecule has 3 nitrogen and oxygen atoms in total. The number of aliphatic hydroxyl groups is 1. The first-order valence-corrected chi connectivity index (χ1v) is 5.41. The molecule has 0 aliphatic rings. The Bertz CT molecular complexity index is 390. The number of carbonyl (C=O) groups is 1. The second-order valence-corrected chi connectivity index (χ2v) is 4.72. The van der Waals surface area contributed by atoms with Crippen molar-refractivity contribution in [3.8, 4) is 0 Å². The fourth-order valence-electron chi connectivity index (χ4n) is 1.20. The molecule has 0 aromatic heterocycles. The Hall–Kier alpha value is -1.06. The van der Waals surface area contributed by atoms with Crippen molar-refractivity contribution in [3.05, 3.63) is 34.9 Å². The highest BCUT2D eigenvalue weighted by Crippen LogP contribution is 2.20. The summed E-state index contributed by atoms with van der Waals surface area (Å²) in [4.78, 5) is 13.6. The van der Waals surface area contributed by atoms with Gasteiger partial charge in [0.25, 0.3) is 5.91 Å². The Morgan fingerprint density at radius 1 is 1.44 bits per heavy atom. The Balaban J connectivity index is 3.00. The average Bonchev–Trinajstić information content (AvgIpc) is 2.27. The third kappa shape index (κ3) is 2.54. The van der Waals surface area contributed by atoms with Crippen LogP contribution in [0.4, 0.5) is 0 Å². The molecule has 16 heavy (non-hydrogen) atoms. The smallest absolute Gasteiger partial charge is 0.255 e. The molecule has 0 aliphatic heterocycles. The number of likely N-dealkylation sites (N-methyl/N-ethyl adjacent to an activating group) is 1. The van der Waals surface area contributed by atoms with Crippen molar-refractivity contribution in [1.29, 1.82) is 0 Å². The minimum Gasteiger partial charge on any atom is -0.394 e. The van der Waals surface area contributed by atoms with Gasteiger partial charge in [-0.05, 0) is 26.0 Å². The van der Waals surface area contributed by atoms with Crippen LogP contribution in [0.5, 0.6) is 0 Å². The van der Waals surface area contributed by atoms with E-state index in [0.717, 1.165) is 0 Å². The van der Waals surface area contributed by atoms with E-state index in [9.17, 15) is 9.90 Å². The van der Waals surface area contributed by atoms with Gasteiger partial charge in [-0.25, -0.2) is 0 Å². The summed E-state index contributed by atoms with van der Waals surface area (Å²) in [5.74, 6) is -0.190. The number of aliphatic hydroxyl groups excluding tert-OH is 1. The number of hydrogen-bond donors (Lipinski definition) is 1. The number of hydrogen-bond acceptors (Lipinski definition) is 2. The maximum Gasteiger partial charge on any atom is 0.255 e. The van der Waals surface area contributed by atoms with Crippen LogP contribution in [0.15, 0.2) is 24.3 Å². The van der Waals surface area contributed by atoms with E-state index in [1.165, 1.54) is 4.90 Å². The second-order valence-electron chi connectivity index (χ2n) is 4.31. The van der Waals surface area contributed by atoms with Gasteiger partial charge in [0.2, 0.25) is 0 Å². The zero-order chi connectivity index (χ0) is 12.3. The second kappa shape index (κ2) is 4.85. The predicted octanol–water partition coefficient (Wildman–Crippen LogP) is 2.18. The van der Waals surface area contributed by atoms with Crippen LogP contribution in [0.3, 0.4) is 0 Å². The van der Waals surface area contributed by atoms with E-state index in [4.69, 9.17) is 11.6 Å². The van der Waals surface area contributed by atoms with E-state index in [2.05, 4.69) is 0 Å². The van der Waals surface area contributed by atoms with E-state index >= 15 is 0 Å². The van der Waals surface area contributed by atoms with Crippen LogP contribution in [0.2, 0.25) is 5.02 Å². The third-order valence-electron chi connectivity index (χ3n) is 2.70. The summed E-state index contributed by atoms with van der Waals surface area (Å²) in [7, 11) is 1.65. The molecule has 1 rings (SSSR count). The van der Waals surface area contributed by atoms with E-state index in [-0.39, 0.29) is 12.5 Å². The van der Waals surface area contributed by atoms with Crippen LogP contribution >= 0.6 is 11.6 Å². The molecule has 1 aromatic rings. The van der Waals surface area contributed by atoms with Gasteiger partial charge in [-0.2, -0.15) is 0 Å². The van der Waals surface area contributed by atoms with E-state index < -0.39 is 5.54 Å². The van der Waals surface area contributed by atoms with E-state index in [1.807, 2.05) is 0 Å². The van der Waals surface area contributed by atoms with Crippen molar-refractivity contribution < 1.29 is 9.90 Å². The monoisotopic (exact) mass is 241 g/mol. The normalized spacial score (nSPS) is 11.3. The fraction of sp³-hybridized carbons (Fsp3) is 0.417. The molecule has 0 fully saturated rings. The molecule has 0 unspecified atom stereocenters. The number of benzene rings is 1. The van der Waals surface area contributed by atoms with Crippen LogP contribution in [-0.2, 0) is 0 Å². The van der Waals surface area contributed by atoms with Gasteiger partial charge in [-0.3, -0.25) is 4.79 Å². The molecule has 0 heterocycles. The lowest BCUT2D eigenvalue weighted by atomic mass is 10.0. The van der Waals surface area contributed by atoms with Crippen LogP contribution in [0, 0.1) is 0 Å². The first-order chi connectivity index (χ1) is 7.40. The Kier molecular flexibility index (Phi) is 3.94. The zero-order valence-corrected chi connectivity index (χ0v) is 10.5. The third-order valence-corrected chi connectivity index (χ3v) is 3.03. The highest BCUT2D eigenvalue weighted by molar-refractivity contribution is 6.33. The number of amides is 1. The maximum atomic E-state index is 12.1. The molecule has 0 radical (unpaired) electrons.